The average Bonchev–Trinajstić information content (AvgIpc) is 3.30. The lowest BCUT2D eigenvalue weighted by Crippen LogP contribution is -2.32. The Kier molecular flexibility index (Phi) is 3.78. The number of pyridine rings is 2. The van der Waals surface area contributed by atoms with E-state index in [1.807, 2.05) is 24.3 Å². The van der Waals surface area contributed by atoms with Gasteiger partial charge in [-0.3, -0.25) is 0 Å². The number of hydrogen-bond donors (Lipinski definition) is 0. The van der Waals surface area contributed by atoms with Crippen LogP contribution in [0.15, 0.2) is 46.9 Å². The van der Waals surface area contributed by atoms with Crippen LogP contribution < -0.4 is 0 Å². The first-order valence-corrected chi connectivity index (χ1v) is 11.8. The standard InChI is InChI=1S/C27H26N2OS/c1-15-9-10-17-16-7-6-8-18(22(16)30-24(17)28-15)20-12-11-19-21-23(31-25(19)29-20)27(4,5)14-13-26(21,2)3/h6-12H,13-14H2,1-5H3. The van der Waals surface area contributed by atoms with Gasteiger partial charge < -0.3 is 4.42 Å². The summed E-state index contributed by atoms with van der Waals surface area (Å²) in [5, 5.41) is 3.46. The minimum Gasteiger partial charge on any atom is -0.437 e. The highest BCUT2D eigenvalue weighted by molar-refractivity contribution is 7.19. The Morgan fingerprint density at radius 2 is 1.61 bits per heavy atom. The van der Waals surface area contributed by atoms with E-state index in [-0.39, 0.29) is 10.8 Å². The molecule has 0 aliphatic heterocycles. The van der Waals surface area contributed by atoms with E-state index in [4.69, 9.17) is 9.40 Å². The van der Waals surface area contributed by atoms with Gasteiger partial charge in [0, 0.05) is 32.3 Å². The summed E-state index contributed by atoms with van der Waals surface area (Å²) in [7, 11) is 0. The van der Waals surface area contributed by atoms with Crippen molar-refractivity contribution in [2.24, 2.45) is 0 Å². The molecule has 0 saturated carbocycles. The number of aryl methyl sites for hydroxylation is 1. The van der Waals surface area contributed by atoms with Crippen molar-refractivity contribution >= 4 is 43.6 Å². The van der Waals surface area contributed by atoms with Gasteiger partial charge in [-0.2, -0.15) is 0 Å². The zero-order chi connectivity index (χ0) is 21.5. The third-order valence-corrected chi connectivity index (χ3v) is 8.47. The molecule has 6 rings (SSSR count). The predicted molar refractivity (Wildman–Crippen MR) is 130 cm³/mol. The highest BCUT2D eigenvalue weighted by Crippen LogP contribution is 2.52. The van der Waals surface area contributed by atoms with Crippen molar-refractivity contribution in [3.63, 3.8) is 0 Å². The van der Waals surface area contributed by atoms with E-state index >= 15 is 0 Å². The fourth-order valence-corrected chi connectivity index (χ4v) is 6.60. The highest BCUT2D eigenvalue weighted by Gasteiger charge is 2.40. The van der Waals surface area contributed by atoms with E-state index < -0.39 is 0 Å². The van der Waals surface area contributed by atoms with Crippen molar-refractivity contribution < 1.29 is 4.42 Å². The topological polar surface area (TPSA) is 38.9 Å². The minimum atomic E-state index is 0.189. The van der Waals surface area contributed by atoms with Crippen LogP contribution in [-0.4, -0.2) is 9.97 Å². The first kappa shape index (κ1) is 19.0. The van der Waals surface area contributed by atoms with Gasteiger partial charge in [0.25, 0.3) is 0 Å². The molecular weight excluding hydrogens is 400 g/mol. The van der Waals surface area contributed by atoms with Crippen molar-refractivity contribution in [2.75, 3.05) is 0 Å². The molecule has 0 unspecified atom stereocenters. The molecule has 0 amide bonds. The quantitative estimate of drug-likeness (QED) is 0.273. The summed E-state index contributed by atoms with van der Waals surface area (Å²) < 4.78 is 6.23. The van der Waals surface area contributed by atoms with E-state index in [1.165, 1.54) is 28.7 Å². The highest BCUT2D eigenvalue weighted by atomic mass is 32.1. The maximum Gasteiger partial charge on any atom is 0.227 e. The molecule has 5 aromatic rings. The fraction of sp³-hybridized carbons (Fsp3) is 0.333. The Labute approximate surface area is 186 Å². The van der Waals surface area contributed by atoms with Crippen LogP contribution in [0.25, 0.3) is 43.5 Å². The molecule has 0 bridgehead atoms. The van der Waals surface area contributed by atoms with Crippen molar-refractivity contribution in [3.05, 3.63) is 58.6 Å². The van der Waals surface area contributed by atoms with E-state index in [1.54, 1.807) is 0 Å². The molecule has 3 nitrogen and oxygen atoms in total. The largest absolute Gasteiger partial charge is 0.437 e. The van der Waals surface area contributed by atoms with Crippen LogP contribution in [0.3, 0.4) is 0 Å². The lowest BCUT2D eigenvalue weighted by Gasteiger charge is -2.39. The third kappa shape index (κ3) is 2.71. The zero-order valence-electron chi connectivity index (χ0n) is 18.7. The number of aromatic nitrogens is 2. The van der Waals surface area contributed by atoms with Gasteiger partial charge in [0.05, 0.1) is 5.69 Å². The van der Waals surface area contributed by atoms with Crippen molar-refractivity contribution in [1.29, 1.82) is 0 Å². The average molecular weight is 427 g/mol. The normalized spacial score (nSPS) is 17.5. The molecule has 31 heavy (non-hydrogen) atoms. The molecule has 1 aliphatic rings. The smallest absolute Gasteiger partial charge is 0.227 e. The van der Waals surface area contributed by atoms with Crippen molar-refractivity contribution in [2.45, 2.75) is 58.3 Å². The lowest BCUT2D eigenvalue weighted by molar-refractivity contribution is 0.341. The van der Waals surface area contributed by atoms with Crippen LogP contribution in [0, 0.1) is 6.92 Å². The molecule has 0 N–H and O–H groups in total. The van der Waals surface area contributed by atoms with Crippen LogP contribution in [0.4, 0.5) is 0 Å². The van der Waals surface area contributed by atoms with Gasteiger partial charge in [-0.05, 0) is 66.5 Å². The zero-order valence-corrected chi connectivity index (χ0v) is 19.5. The summed E-state index contributed by atoms with van der Waals surface area (Å²) in [6.45, 7) is 11.5. The summed E-state index contributed by atoms with van der Waals surface area (Å²) in [5.41, 5.74) is 6.41. The first-order chi connectivity index (χ1) is 14.7. The second kappa shape index (κ2) is 6.17. The second-order valence-electron chi connectivity index (χ2n) is 10.2. The molecule has 4 aromatic heterocycles. The van der Waals surface area contributed by atoms with Crippen molar-refractivity contribution in [1.82, 2.24) is 9.97 Å². The van der Waals surface area contributed by atoms with Gasteiger partial charge in [0.2, 0.25) is 5.71 Å². The molecule has 0 fully saturated rings. The maximum atomic E-state index is 6.23. The van der Waals surface area contributed by atoms with Crippen molar-refractivity contribution in [3.8, 4) is 11.3 Å². The first-order valence-electron chi connectivity index (χ1n) is 11.0. The molecule has 0 radical (unpaired) electrons. The number of hydrogen-bond acceptors (Lipinski definition) is 4. The van der Waals surface area contributed by atoms with E-state index in [0.717, 1.165) is 38.1 Å². The Morgan fingerprint density at radius 1 is 0.839 bits per heavy atom. The van der Waals surface area contributed by atoms with E-state index in [2.05, 4.69) is 69.1 Å². The molecule has 0 spiro atoms. The molecule has 4 heteroatoms. The monoisotopic (exact) mass is 426 g/mol. The summed E-state index contributed by atoms with van der Waals surface area (Å²) in [6, 6.07) is 14.9. The molecule has 1 aliphatic carbocycles. The summed E-state index contributed by atoms with van der Waals surface area (Å²) in [5.74, 6) is 0. The third-order valence-electron chi connectivity index (χ3n) is 7.00. The summed E-state index contributed by atoms with van der Waals surface area (Å²) in [4.78, 5) is 12.4. The van der Waals surface area contributed by atoms with Crippen LogP contribution in [0.5, 0.6) is 0 Å². The van der Waals surface area contributed by atoms with Gasteiger partial charge in [0.15, 0.2) is 0 Å². The van der Waals surface area contributed by atoms with E-state index in [9.17, 15) is 0 Å². The lowest BCUT2D eigenvalue weighted by atomic mass is 9.66. The molecule has 0 atom stereocenters. The summed E-state index contributed by atoms with van der Waals surface area (Å²) >= 11 is 1.88. The van der Waals surface area contributed by atoms with Crippen LogP contribution >= 0.6 is 11.3 Å². The maximum absolute atomic E-state index is 6.23. The summed E-state index contributed by atoms with van der Waals surface area (Å²) in [6.07, 6.45) is 2.43. The van der Waals surface area contributed by atoms with Gasteiger partial charge in [-0.15, -0.1) is 11.3 Å². The molecule has 0 saturated heterocycles. The fourth-order valence-electron chi connectivity index (χ4n) is 5.11. The minimum absolute atomic E-state index is 0.189. The van der Waals surface area contributed by atoms with Crippen LogP contribution in [0.2, 0.25) is 0 Å². The van der Waals surface area contributed by atoms with Gasteiger partial charge >= 0.3 is 0 Å². The number of nitrogens with zero attached hydrogens (tertiary/aromatic N) is 2. The number of furan rings is 1. The Hall–Kier alpha value is -2.72. The molecule has 156 valence electrons. The Morgan fingerprint density at radius 3 is 2.45 bits per heavy atom. The second-order valence-corrected chi connectivity index (χ2v) is 11.2. The number of thiophene rings is 1. The molecule has 1 aromatic carbocycles. The van der Waals surface area contributed by atoms with Crippen LogP contribution in [0.1, 0.15) is 56.7 Å². The van der Waals surface area contributed by atoms with Gasteiger partial charge in [-0.25, -0.2) is 9.97 Å². The molecular formula is C27H26N2OS. The molecule has 4 heterocycles. The number of fused-ring (bicyclic) bond motifs is 6. The van der Waals surface area contributed by atoms with E-state index in [0.29, 0.717) is 5.71 Å². The number of rotatable bonds is 1. The van der Waals surface area contributed by atoms with Gasteiger partial charge in [0.1, 0.15) is 10.4 Å². The Balaban J connectivity index is 1.60. The predicted octanol–water partition coefficient (Wildman–Crippen LogP) is 7.92. The van der Waals surface area contributed by atoms with Gasteiger partial charge in [-0.1, -0.05) is 39.8 Å². The number of para-hydroxylation sites is 1. The SMILES string of the molecule is Cc1ccc2c(n1)oc1c(-c3ccc4c5c(sc4n3)C(C)(C)CCC5(C)C)cccc12. The Bertz CT molecular complexity index is 1500. The van der Waals surface area contributed by atoms with Crippen LogP contribution in [-0.2, 0) is 10.8 Å². The number of benzene rings is 1.